The van der Waals surface area contributed by atoms with Crippen LogP contribution in [0.5, 0.6) is 0 Å². The summed E-state index contributed by atoms with van der Waals surface area (Å²) in [5.74, 6) is 0.455. The molecule has 3 aromatic rings. The number of hydrogen-bond acceptors (Lipinski definition) is 4. The van der Waals surface area contributed by atoms with Crippen molar-refractivity contribution in [1.29, 1.82) is 0 Å². The number of hydrogen-bond donors (Lipinski definition) is 2. The quantitative estimate of drug-likeness (QED) is 0.709. The highest BCUT2D eigenvalue weighted by Crippen LogP contribution is 2.28. The normalized spacial score (nSPS) is 11.2. The Morgan fingerprint density at radius 3 is 2.45 bits per heavy atom. The average molecular weight is 267 g/mol. The second kappa shape index (κ2) is 4.23. The average Bonchev–Trinajstić information content (AvgIpc) is 2.70. The SMILES string of the molecule is Cc1cc(C)c2nc(C)cc(-n3ncc(N)c3N)c2c1. The fourth-order valence-corrected chi connectivity index (χ4v) is 2.53. The molecule has 0 bridgehead atoms. The molecule has 1 aromatic carbocycles. The highest BCUT2D eigenvalue weighted by molar-refractivity contribution is 5.91. The van der Waals surface area contributed by atoms with Gasteiger partial charge in [-0.3, -0.25) is 4.98 Å². The standard InChI is InChI=1S/C15H17N5/c1-8-4-9(2)14-11(5-8)13(6-10(3)19-14)20-15(17)12(16)7-18-20/h4-7H,16-17H2,1-3H3. The molecule has 102 valence electrons. The Morgan fingerprint density at radius 2 is 1.80 bits per heavy atom. The molecule has 4 N–H and O–H groups in total. The van der Waals surface area contributed by atoms with Crippen LogP contribution in [0.2, 0.25) is 0 Å². The summed E-state index contributed by atoms with van der Waals surface area (Å²) in [4.78, 5) is 4.63. The molecule has 0 radical (unpaired) electrons. The minimum Gasteiger partial charge on any atom is -0.394 e. The van der Waals surface area contributed by atoms with E-state index in [1.54, 1.807) is 10.9 Å². The first-order valence-electron chi connectivity index (χ1n) is 6.45. The molecule has 5 heteroatoms. The number of pyridine rings is 1. The predicted molar refractivity (Wildman–Crippen MR) is 81.9 cm³/mol. The van der Waals surface area contributed by atoms with Gasteiger partial charge in [-0.05, 0) is 38.5 Å². The van der Waals surface area contributed by atoms with Crippen LogP contribution in [0.25, 0.3) is 16.6 Å². The summed E-state index contributed by atoms with van der Waals surface area (Å²) in [6, 6.07) is 6.20. The van der Waals surface area contributed by atoms with E-state index in [-0.39, 0.29) is 0 Å². The second-order valence-electron chi connectivity index (χ2n) is 5.16. The van der Waals surface area contributed by atoms with Crippen molar-refractivity contribution in [3.8, 4) is 5.69 Å². The summed E-state index contributed by atoms with van der Waals surface area (Å²) in [5, 5.41) is 5.31. The first-order valence-corrected chi connectivity index (χ1v) is 6.45. The lowest BCUT2D eigenvalue weighted by molar-refractivity contribution is 0.894. The third kappa shape index (κ3) is 1.79. The van der Waals surface area contributed by atoms with E-state index < -0.39 is 0 Å². The topological polar surface area (TPSA) is 82.8 Å². The van der Waals surface area contributed by atoms with Gasteiger partial charge in [-0.15, -0.1) is 0 Å². The van der Waals surface area contributed by atoms with Crippen LogP contribution in [0.3, 0.4) is 0 Å². The molecule has 0 saturated heterocycles. The van der Waals surface area contributed by atoms with E-state index in [0.717, 1.165) is 27.8 Å². The molecule has 0 spiro atoms. The molecule has 5 nitrogen and oxygen atoms in total. The van der Waals surface area contributed by atoms with Crippen molar-refractivity contribution in [3.05, 3.63) is 41.2 Å². The molecule has 0 aliphatic carbocycles. The van der Waals surface area contributed by atoms with Crippen LogP contribution in [0.15, 0.2) is 24.4 Å². The second-order valence-corrected chi connectivity index (χ2v) is 5.16. The molecule has 0 aliphatic rings. The van der Waals surface area contributed by atoms with Crippen LogP contribution in [-0.4, -0.2) is 14.8 Å². The lowest BCUT2D eigenvalue weighted by Crippen LogP contribution is -2.05. The Morgan fingerprint density at radius 1 is 1.05 bits per heavy atom. The molecule has 0 saturated carbocycles. The van der Waals surface area contributed by atoms with Crippen molar-refractivity contribution in [2.24, 2.45) is 0 Å². The van der Waals surface area contributed by atoms with Gasteiger partial charge in [-0.1, -0.05) is 11.6 Å². The van der Waals surface area contributed by atoms with E-state index in [2.05, 4.69) is 36.1 Å². The van der Waals surface area contributed by atoms with Gasteiger partial charge >= 0.3 is 0 Å². The van der Waals surface area contributed by atoms with Gasteiger partial charge in [0.15, 0.2) is 5.82 Å². The van der Waals surface area contributed by atoms with Crippen LogP contribution in [0, 0.1) is 20.8 Å². The molecule has 2 aromatic heterocycles. The van der Waals surface area contributed by atoms with E-state index in [1.165, 1.54) is 5.56 Å². The first kappa shape index (κ1) is 12.5. The van der Waals surface area contributed by atoms with Crippen molar-refractivity contribution in [2.45, 2.75) is 20.8 Å². The number of nitrogens with zero attached hydrogens (tertiary/aromatic N) is 3. The molecular formula is C15H17N5. The zero-order chi connectivity index (χ0) is 14.4. The molecule has 0 unspecified atom stereocenters. The Balaban J connectivity index is 2.43. The molecule has 0 amide bonds. The van der Waals surface area contributed by atoms with Gasteiger partial charge in [-0.2, -0.15) is 5.10 Å². The number of anilines is 2. The Kier molecular flexibility index (Phi) is 2.64. The summed E-state index contributed by atoms with van der Waals surface area (Å²) in [6.45, 7) is 6.09. The van der Waals surface area contributed by atoms with E-state index in [1.807, 2.05) is 13.0 Å². The van der Waals surface area contributed by atoms with E-state index in [0.29, 0.717) is 11.5 Å². The maximum atomic E-state index is 6.01. The largest absolute Gasteiger partial charge is 0.394 e. The molecule has 0 atom stereocenters. The highest BCUT2D eigenvalue weighted by Gasteiger charge is 2.13. The fourth-order valence-electron chi connectivity index (χ4n) is 2.53. The summed E-state index contributed by atoms with van der Waals surface area (Å²) in [5.41, 5.74) is 17.4. The van der Waals surface area contributed by atoms with E-state index >= 15 is 0 Å². The van der Waals surface area contributed by atoms with Crippen molar-refractivity contribution in [1.82, 2.24) is 14.8 Å². The van der Waals surface area contributed by atoms with E-state index in [9.17, 15) is 0 Å². The predicted octanol–water partition coefficient (Wildman–Crippen LogP) is 2.51. The summed E-state index contributed by atoms with van der Waals surface area (Å²) < 4.78 is 1.67. The van der Waals surface area contributed by atoms with Gasteiger partial charge in [0.05, 0.1) is 23.1 Å². The van der Waals surface area contributed by atoms with Gasteiger partial charge in [0.2, 0.25) is 0 Å². The zero-order valence-electron chi connectivity index (χ0n) is 11.8. The minimum atomic E-state index is 0.455. The molecule has 20 heavy (non-hydrogen) atoms. The Labute approximate surface area is 117 Å². The monoisotopic (exact) mass is 267 g/mol. The van der Waals surface area contributed by atoms with Crippen LogP contribution < -0.4 is 11.5 Å². The van der Waals surface area contributed by atoms with Crippen molar-refractivity contribution >= 4 is 22.4 Å². The number of rotatable bonds is 1. The minimum absolute atomic E-state index is 0.455. The van der Waals surface area contributed by atoms with Crippen LogP contribution in [0.1, 0.15) is 16.8 Å². The summed E-state index contributed by atoms with van der Waals surface area (Å²) >= 11 is 0. The van der Waals surface area contributed by atoms with Gasteiger partial charge in [0.1, 0.15) is 0 Å². The maximum absolute atomic E-state index is 6.01. The third-order valence-corrected chi connectivity index (χ3v) is 3.42. The van der Waals surface area contributed by atoms with E-state index in [4.69, 9.17) is 11.5 Å². The first-order chi connectivity index (χ1) is 9.47. The zero-order valence-corrected chi connectivity index (χ0v) is 11.8. The molecule has 3 rings (SSSR count). The van der Waals surface area contributed by atoms with Gasteiger partial charge in [-0.25, -0.2) is 4.68 Å². The Bertz CT molecular complexity index is 817. The van der Waals surface area contributed by atoms with Gasteiger partial charge < -0.3 is 11.5 Å². The number of aromatic nitrogens is 3. The van der Waals surface area contributed by atoms with Crippen LogP contribution in [0.4, 0.5) is 11.5 Å². The van der Waals surface area contributed by atoms with Gasteiger partial charge in [0.25, 0.3) is 0 Å². The Hall–Kier alpha value is -2.56. The summed E-state index contributed by atoms with van der Waals surface area (Å²) in [6.07, 6.45) is 1.57. The van der Waals surface area contributed by atoms with Crippen molar-refractivity contribution in [2.75, 3.05) is 11.5 Å². The van der Waals surface area contributed by atoms with Crippen molar-refractivity contribution < 1.29 is 0 Å². The molecule has 0 aliphatic heterocycles. The molecule has 0 fully saturated rings. The maximum Gasteiger partial charge on any atom is 0.150 e. The molecular weight excluding hydrogens is 250 g/mol. The number of nitrogens with two attached hydrogens (primary N) is 2. The van der Waals surface area contributed by atoms with Crippen molar-refractivity contribution in [3.63, 3.8) is 0 Å². The highest BCUT2D eigenvalue weighted by atomic mass is 15.3. The number of aryl methyl sites for hydroxylation is 3. The smallest absolute Gasteiger partial charge is 0.150 e. The van der Waals surface area contributed by atoms with Crippen LogP contribution >= 0.6 is 0 Å². The third-order valence-electron chi connectivity index (χ3n) is 3.42. The van der Waals surface area contributed by atoms with Crippen LogP contribution in [-0.2, 0) is 0 Å². The lowest BCUT2D eigenvalue weighted by Gasteiger charge is -2.12. The van der Waals surface area contributed by atoms with Gasteiger partial charge in [0, 0.05) is 11.1 Å². The number of nitrogen functional groups attached to an aromatic ring is 2. The number of fused-ring (bicyclic) bond motifs is 1. The molecule has 2 heterocycles. The fraction of sp³-hybridized carbons (Fsp3) is 0.200. The lowest BCUT2D eigenvalue weighted by atomic mass is 10.0. The number of benzene rings is 1. The summed E-state index contributed by atoms with van der Waals surface area (Å²) in [7, 11) is 0.